The Morgan fingerprint density at radius 2 is 1.92 bits per heavy atom. The molecule has 3 aromatic rings. The molecule has 38 heavy (non-hydrogen) atoms. The van der Waals surface area contributed by atoms with Crippen LogP contribution in [0, 0.1) is 5.82 Å². The summed E-state index contributed by atoms with van der Waals surface area (Å²) in [4.78, 5) is 13.4. The molecule has 0 bridgehead atoms. The Labute approximate surface area is 216 Å². The van der Waals surface area contributed by atoms with Gasteiger partial charge in [0.2, 0.25) is 16.0 Å². The van der Waals surface area contributed by atoms with Crippen LogP contribution in [0.1, 0.15) is 38.2 Å². The molecule has 0 radical (unpaired) electrons. The van der Waals surface area contributed by atoms with Crippen molar-refractivity contribution in [3.05, 3.63) is 41.8 Å². The van der Waals surface area contributed by atoms with Crippen molar-refractivity contribution in [1.29, 1.82) is 0 Å². The van der Waals surface area contributed by atoms with Crippen LogP contribution in [0.2, 0.25) is 0 Å². The minimum Gasteiger partial charge on any atom is -0.350 e. The molecule has 0 saturated carbocycles. The van der Waals surface area contributed by atoms with E-state index in [-0.39, 0.29) is 12.0 Å². The van der Waals surface area contributed by atoms with Crippen LogP contribution in [0.25, 0.3) is 22.3 Å². The quantitative estimate of drug-likeness (QED) is 0.342. The molecule has 3 heterocycles. The van der Waals surface area contributed by atoms with Crippen LogP contribution in [0.15, 0.2) is 30.5 Å². The number of hydrogen-bond donors (Lipinski definition) is 3. The smallest absolute Gasteiger partial charge is 0.350 e. The van der Waals surface area contributed by atoms with Crippen molar-refractivity contribution in [2.75, 3.05) is 28.9 Å². The molecule has 1 aliphatic heterocycles. The van der Waals surface area contributed by atoms with Gasteiger partial charge in [-0.2, -0.15) is 13.2 Å². The lowest BCUT2D eigenvalue weighted by Crippen LogP contribution is -2.44. The van der Waals surface area contributed by atoms with Crippen LogP contribution >= 0.6 is 0 Å². The van der Waals surface area contributed by atoms with Gasteiger partial charge >= 0.3 is 6.18 Å². The largest absolute Gasteiger partial charge is 0.390 e. The summed E-state index contributed by atoms with van der Waals surface area (Å²) in [5.74, 6) is -1.85. The van der Waals surface area contributed by atoms with Gasteiger partial charge in [-0.15, -0.1) is 0 Å². The molecule has 14 heteroatoms. The molecule has 1 aliphatic rings. The van der Waals surface area contributed by atoms with Crippen molar-refractivity contribution >= 4 is 32.7 Å². The van der Waals surface area contributed by atoms with Gasteiger partial charge in [0, 0.05) is 31.1 Å². The highest BCUT2D eigenvalue weighted by Gasteiger charge is 2.30. The number of fused-ring (bicyclic) bond motifs is 1. The van der Waals surface area contributed by atoms with E-state index in [4.69, 9.17) is 0 Å². The molecule has 2 aromatic heterocycles. The van der Waals surface area contributed by atoms with Gasteiger partial charge in [0.1, 0.15) is 17.5 Å². The van der Waals surface area contributed by atoms with Gasteiger partial charge in [-0.25, -0.2) is 32.2 Å². The Balaban J connectivity index is 1.60. The second kappa shape index (κ2) is 10.9. The average Bonchev–Trinajstić information content (AvgIpc) is 2.83. The van der Waals surface area contributed by atoms with E-state index in [0.29, 0.717) is 47.7 Å². The van der Waals surface area contributed by atoms with E-state index in [1.165, 1.54) is 12.3 Å². The van der Waals surface area contributed by atoms with E-state index in [0.717, 1.165) is 17.7 Å². The van der Waals surface area contributed by atoms with Crippen molar-refractivity contribution in [3.8, 4) is 11.3 Å². The third kappa shape index (κ3) is 7.04. The third-order valence-corrected chi connectivity index (χ3v) is 7.29. The number of benzene rings is 1. The van der Waals surface area contributed by atoms with Crippen molar-refractivity contribution in [2.24, 2.45) is 0 Å². The number of hydrogen-bond acceptors (Lipinski definition) is 7. The molecule has 1 saturated heterocycles. The number of pyridine rings is 1. The summed E-state index contributed by atoms with van der Waals surface area (Å²) >= 11 is 0. The fourth-order valence-corrected chi connectivity index (χ4v) is 5.22. The zero-order valence-corrected chi connectivity index (χ0v) is 21.4. The van der Waals surface area contributed by atoms with Crippen LogP contribution in [0.3, 0.4) is 0 Å². The van der Waals surface area contributed by atoms with Gasteiger partial charge < -0.3 is 10.6 Å². The molecule has 3 N–H and O–H groups in total. The van der Waals surface area contributed by atoms with Crippen LogP contribution in [0.4, 0.5) is 33.6 Å². The molecule has 4 rings (SSSR count). The zero-order valence-electron chi connectivity index (χ0n) is 20.6. The molecule has 1 fully saturated rings. The van der Waals surface area contributed by atoms with Crippen LogP contribution < -0.4 is 15.4 Å². The summed E-state index contributed by atoms with van der Waals surface area (Å²) in [6, 6.07) is 5.18. The normalized spacial score (nSPS) is 18.6. The maximum Gasteiger partial charge on any atom is 0.390 e. The zero-order chi connectivity index (χ0) is 27.7. The average molecular weight is 559 g/mol. The third-order valence-electron chi connectivity index (χ3n) is 6.01. The summed E-state index contributed by atoms with van der Waals surface area (Å²) in [5.41, 5.74) is 2.07. The minimum absolute atomic E-state index is 0.00173. The first-order chi connectivity index (χ1) is 17.8. The summed E-state index contributed by atoms with van der Waals surface area (Å²) in [7, 11) is -4.41. The Morgan fingerprint density at radius 3 is 2.58 bits per heavy atom. The maximum atomic E-state index is 14.8. The van der Waals surface area contributed by atoms with E-state index < -0.39 is 46.0 Å². The lowest BCUT2D eigenvalue weighted by Gasteiger charge is -2.26. The number of anilines is 2. The predicted octanol–water partition coefficient (Wildman–Crippen LogP) is 4.76. The van der Waals surface area contributed by atoms with Gasteiger partial charge in [-0.05, 0) is 29.7 Å². The lowest BCUT2D eigenvalue weighted by molar-refractivity contribution is -0.129. The molecular formula is C24H27F5N6O2S. The van der Waals surface area contributed by atoms with E-state index in [9.17, 15) is 30.4 Å². The second-order valence-corrected chi connectivity index (χ2v) is 11.3. The van der Waals surface area contributed by atoms with Crippen LogP contribution in [-0.4, -0.2) is 60.6 Å². The highest BCUT2D eigenvalue weighted by atomic mass is 32.2. The predicted molar refractivity (Wildman–Crippen MR) is 135 cm³/mol. The highest BCUT2D eigenvalue weighted by molar-refractivity contribution is 7.92. The first-order valence-corrected chi connectivity index (χ1v) is 13.6. The number of alkyl halides is 4. The molecule has 0 aliphatic carbocycles. The topological polar surface area (TPSA) is 109 Å². The Hall–Kier alpha value is -3.13. The molecule has 2 atom stereocenters. The number of nitrogens with zero attached hydrogens (tertiary/aromatic N) is 3. The second-order valence-electron chi connectivity index (χ2n) is 9.49. The number of nitrogens with one attached hydrogen (secondary N) is 3. The molecule has 1 aromatic carbocycles. The summed E-state index contributed by atoms with van der Waals surface area (Å²) < 4.78 is 91.4. The van der Waals surface area contributed by atoms with Crippen molar-refractivity contribution in [2.45, 2.75) is 51.0 Å². The molecule has 206 valence electrons. The van der Waals surface area contributed by atoms with Crippen molar-refractivity contribution in [1.82, 2.24) is 20.3 Å². The van der Waals surface area contributed by atoms with E-state index in [1.807, 2.05) is 18.6 Å². The fraction of sp³-hybridized carbons (Fsp3) is 0.458. The molecular weight excluding hydrogens is 531 g/mol. The van der Waals surface area contributed by atoms with Crippen LogP contribution in [-0.2, 0) is 10.0 Å². The van der Waals surface area contributed by atoms with Gasteiger partial charge in [-0.3, -0.25) is 4.72 Å². The maximum absolute atomic E-state index is 14.8. The summed E-state index contributed by atoms with van der Waals surface area (Å²) in [6.45, 7) is 4.79. The summed E-state index contributed by atoms with van der Waals surface area (Å²) in [5, 5.41) is 6.16. The number of sulfonamides is 1. The minimum atomic E-state index is -4.65. The number of aromatic nitrogens is 3. The Morgan fingerprint density at radius 1 is 1.16 bits per heavy atom. The monoisotopic (exact) mass is 558 g/mol. The van der Waals surface area contributed by atoms with Gasteiger partial charge in [0.15, 0.2) is 0 Å². The molecule has 0 unspecified atom stereocenters. The van der Waals surface area contributed by atoms with Crippen LogP contribution in [0.5, 0.6) is 0 Å². The van der Waals surface area contributed by atoms with E-state index in [1.54, 1.807) is 6.07 Å². The van der Waals surface area contributed by atoms with E-state index in [2.05, 4.69) is 25.6 Å². The van der Waals surface area contributed by atoms with Gasteiger partial charge in [0.05, 0.1) is 35.3 Å². The van der Waals surface area contributed by atoms with Gasteiger partial charge in [0.25, 0.3) is 0 Å². The Kier molecular flexibility index (Phi) is 8.02. The fourth-order valence-electron chi connectivity index (χ4n) is 4.11. The number of halogens is 5. The van der Waals surface area contributed by atoms with E-state index >= 15 is 0 Å². The summed E-state index contributed by atoms with van der Waals surface area (Å²) in [6.07, 6.45) is -5.31. The number of piperidine rings is 1. The molecule has 0 spiro atoms. The first kappa shape index (κ1) is 27.9. The highest BCUT2D eigenvalue weighted by Crippen LogP contribution is 2.31. The van der Waals surface area contributed by atoms with Gasteiger partial charge in [-0.1, -0.05) is 19.9 Å². The SMILES string of the molecule is CC(C)c1cc(-c2ccc(NS(=O)(=O)CCC(F)(F)F)c(F)c2)nc2cnc(N[C@@H]3CNC[C@@H](F)C3)nc12. The van der Waals surface area contributed by atoms with Crippen molar-refractivity contribution in [3.63, 3.8) is 0 Å². The van der Waals surface area contributed by atoms with Crippen molar-refractivity contribution < 1.29 is 30.4 Å². The Bertz CT molecular complexity index is 1420. The molecule has 0 amide bonds. The lowest BCUT2D eigenvalue weighted by atomic mass is 9.99. The standard InChI is InChI=1S/C24H27F5N6O2S/c1-13(2)17-9-20(14-3-4-19(18(26)7-14)35-38(36,37)6-5-24(27,28)29)33-21-12-31-23(34-22(17)21)32-16-8-15(25)10-30-11-16/h3-4,7,9,12-13,15-16,30,35H,5-6,8,10-11H2,1-2H3,(H,31,32,34)/t15-,16-/m0/s1. The number of rotatable bonds is 8. The molecule has 8 nitrogen and oxygen atoms in total. The first-order valence-electron chi connectivity index (χ1n) is 12.0.